The van der Waals surface area contributed by atoms with E-state index in [-0.39, 0.29) is 18.5 Å². The topological polar surface area (TPSA) is 41.5 Å². The number of aliphatic hydroxyl groups is 1. The maximum atomic E-state index is 13.7. The molecule has 0 saturated carbocycles. The molecule has 0 spiro atoms. The fraction of sp³-hybridized carbons (Fsp3) is 0.571. The van der Waals surface area contributed by atoms with Gasteiger partial charge in [-0.15, -0.1) is 0 Å². The Morgan fingerprint density at radius 2 is 2.22 bits per heavy atom. The second-order valence-electron chi connectivity index (χ2n) is 4.26. The Bertz CT molecular complexity index is 358. The Kier molecular flexibility index (Phi) is 6.68. The van der Waals surface area contributed by atoms with Gasteiger partial charge < -0.3 is 15.2 Å². The summed E-state index contributed by atoms with van der Waals surface area (Å²) < 4.78 is 19.2. The molecule has 0 amide bonds. The third kappa shape index (κ3) is 4.27. The van der Waals surface area contributed by atoms with Crippen LogP contribution >= 0.6 is 0 Å². The van der Waals surface area contributed by atoms with Crippen molar-refractivity contribution in [2.45, 2.75) is 32.7 Å². The van der Waals surface area contributed by atoms with Gasteiger partial charge in [0.1, 0.15) is 0 Å². The van der Waals surface area contributed by atoms with Crippen molar-refractivity contribution in [1.82, 2.24) is 5.32 Å². The number of hydrogen-bond acceptors (Lipinski definition) is 3. The average Bonchev–Trinajstić information content (AvgIpc) is 2.38. The van der Waals surface area contributed by atoms with Crippen LogP contribution in [0.5, 0.6) is 5.75 Å². The molecule has 1 unspecified atom stereocenters. The van der Waals surface area contributed by atoms with Crippen LogP contribution in [0.1, 0.15) is 38.3 Å². The summed E-state index contributed by atoms with van der Waals surface area (Å²) in [5.74, 6) is -0.0577. The number of nitrogens with one attached hydrogen (secondary N) is 1. The first-order valence-electron chi connectivity index (χ1n) is 6.46. The lowest BCUT2D eigenvalue weighted by Gasteiger charge is -2.18. The van der Waals surface area contributed by atoms with Gasteiger partial charge in [0.25, 0.3) is 0 Å². The Morgan fingerprint density at radius 1 is 1.44 bits per heavy atom. The number of para-hydroxylation sites is 1. The lowest BCUT2D eigenvalue weighted by Crippen LogP contribution is -2.20. The normalized spacial score (nSPS) is 12.4. The minimum Gasteiger partial charge on any atom is -0.490 e. The molecule has 4 heteroatoms. The average molecular weight is 255 g/mol. The molecule has 0 radical (unpaired) electrons. The molecule has 18 heavy (non-hydrogen) atoms. The molecule has 1 aromatic rings. The van der Waals surface area contributed by atoms with Crippen molar-refractivity contribution in [1.29, 1.82) is 0 Å². The van der Waals surface area contributed by atoms with Crippen LogP contribution in [0.25, 0.3) is 0 Å². The van der Waals surface area contributed by atoms with Crippen LogP contribution in [0.2, 0.25) is 0 Å². The van der Waals surface area contributed by atoms with Gasteiger partial charge in [-0.25, -0.2) is 4.39 Å². The monoisotopic (exact) mass is 255 g/mol. The minimum atomic E-state index is -0.351. The summed E-state index contributed by atoms with van der Waals surface area (Å²) in [6.45, 7) is 5.33. The first kappa shape index (κ1) is 14.9. The van der Waals surface area contributed by atoms with Gasteiger partial charge in [-0.3, -0.25) is 0 Å². The van der Waals surface area contributed by atoms with Crippen molar-refractivity contribution in [3.8, 4) is 5.75 Å². The van der Waals surface area contributed by atoms with E-state index in [1.54, 1.807) is 6.07 Å². The Labute approximate surface area is 108 Å². The standard InChI is InChI=1S/C14H22FNO2/c1-3-8-16-11(2)12-6-4-7-13(15)14(12)18-10-5-9-17/h4,6-7,11,16-17H,3,5,8-10H2,1-2H3. The first-order chi connectivity index (χ1) is 8.70. The molecule has 0 aliphatic carbocycles. The van der Waals surface area contributed by atoms with Gasteiger partial charge in [-0.1, -0.05) is 19.1 Å². The van der Waals surface area contributed by atoms with Crippen LogP contribution in [0.15, 0.2) is 18.2 Å². The zero-order valence-corrected chi connectivity index (χ0v) is 11.1. The SMILES string of the molecule is CCCNC(C)c1cccc(F)c1OCCCO. The van der Waals surface area contributed by atoms with Crippen molar-refractivity contribution in [2.24, 2.45) is 0 Å². The number of hydrogen-bond donors (Lipinski definition) is 2. The van der Waals surface area contributed by atoms with E-state index in [2.05, 4.69) is 12.2 Å². The summed E-state index contributed by atoms with van der Waals surface area (Å²) in [5, 5.41) is 12.0. The molecule has 102 valence electrons. The predicted molar refractivity (Wildman–Crippen MR) is 70.3 cm³/mol. The maximum absolute atomic E-state index is 13.7. The van der Waals surface area contributed by atoms with E-state index in [9.17, 15) is 4.39 Å². The fourth-order valence-corrected chi connectivity index (χ4v) is 1.73. The smallest absolute Gasteiger partial charge is 0.165 e. The molecule has 1 rings (SSSR count). The fourth-order valence-electron chi connectivity index (χ4n) is 1.73. The zero-order valence-electron chi connectivity index (χ0n) is 11.1. The predicted octanol–water partition coefficient (Wildman–Crippen LogP) is 2.65. The van der Waals surface area contributed by atoms with Crippen LogP contribution in [0.4, 0.5) is 4.39 Å². The van der Waals surface area contributed by atoms with Crippen molar-refractivity contribution in [3.63, 3.8) is 0 Å². The van der Waals surface area contributed by atoms with Gasteiger partial charge in [0.15, 0.2) is 11.6 Å². The van der Waals surface area contributed by atoms with Crippen LogP contribution < -0.4 is 10.1 Å². The van der Waals surface area contributed by atoms with Crippen LogP contribution in [0, 0.1) is 5.82 Å². The number of halogens is 1. The number of ether oxygens (including phenoxy) is 1. The molecule has 0 aromatic heterocycles. The maximum Gasteiger partial charge on any atom is 0.165 e. The molecule has 1 aromatic carbocycles. The van der Waals surface area contributed by atoms with Crippen LogP contribution in [-0.2, 0) is 0 Å². The molecule has 0 heterocycles. The number of benzene rings is 1. The highest BCUT2D eigenvalue weighted by Crippen LogP contribution is 2.28. The van der Waals surface area contributed by atoms with Crippen molar-refractivity contribution >= 4 is 0 Å². The van der Waals surface area contributed by atoms with Gasteiger partial charge in [-0.2, -0.15) is 0 Å². The summed E-state index contributed by atoms with van der Waals surface area (Å²) in [7, 11) is 0. The molecule has 0 aliphatic rings. The molecule has 1 atom stereocenters. The van der Waals surface area contributed by atoms with Gasteiger partial charge in [-0.05, 0) is 26.0 Å². The van der Waals surface area contributed by atoms with Crippen molar-refractivity contribution in [3.05, 3.63) is 29.6 Å². The van der Waals surface area contributed by atoms with E-state index in [1.165, 1.54) is 6.07 Å². The highest BCUT2D eigenvalue weighted by atomic mass is 19.1. The number of aliphatic hydroxyl groups excluding tert-OH is 1. The van der Waals surface area contributed by atoms with E-state index >= 15 is 0 Å². The molecule has 0 bridgehead atoms. The summed E-state index contributed by atoms with van der Waals surface area (Å²) in [4.78, 5) is 0. The molecule has 2 N–H and O–H groups in total. The van der Waals surface area contributed by atoms with Crippen molar-refractivity contribution < 1.29 is 14.2 Å². The first-order valence-corrected chi connectivity index (χ1v) is 6.46. The molecular weight excluding hydrogens is 233 g/mol. The molecule has 0 aliphatic heterocycles. The van der Waals surface area contributed by atoms with E-state index < -0.39 is 0 Å². The van der Waals surface area contributed by atoms with Gasteiger partial charge in [0.2, 0.25) is 0 Å². The summed E-state index contributed by atoms with van der Waals surface area (Å²) >= 11 is 0. The molecular formula is C14H22FNO2. The second-order valence-corrected chi connectivity index (χ2v) is 4.26. The van der Waals surface area contributed by atoms with Crippen LogP contribution in [0.3, 0.4) is 0 Å². The van der Waals surface area contributed by atoms with Gasteiger partial charge in [0, 0.05) is 24.6 Å². The summed E-state index contributed by atoms with van der Waals surface area (Å²) in [5.41, 5.74) is 0.821. The number of rotatable bonds is 8. The Balaban J connectivity index is 2.78. The van der Waals surface area contributed by atoms with Crippen molar-refractivity contribution in [2.75, 3.05) is 19.8 Å². The van der Waals surface area contributed by atoms with Gasteiger partial charge in [0.05, 0.1) is 6.61 Å². The quantitative estimate of drug-likeness (QED) is 0.702. The van der Waals surface area contributed by atoms with E-state index in [0.29, 0.717) is 18.8 Å². The lowest BCUT2D eigenvalue weighted by molar-refractivity contribution is 0.226. The van der Waals surface area contributed by atoms with E-state index in [0.717, 1.165) is 18.5 Å². The Morgan fingerprint density at radius 3 is 2.89 bits per heavy atom. The zero-order chi connectivity index (χ0) is 13.4. The highest BCUT2D eigenvalue weighted by Gasteiger charge is 2.14. The molecule has 0 saturated heterocycles. The third-order valence-electron chi connectivity index (χ3n) is 2.71. The summed E-state index contributed by atoms with van der Waals surface area (Å²) in [6, 6.07) is 4.99. The second kappa shape index (κ2) is 8.06. The molecule has 0 fully saturated rings. The van der Waals surface area contributed by atoms with E-state index in [1.807, 2.05) is 13.0 Å². The highest BCUT2D eigenvalue weighted by molar-refractivity contribution is 5.37. The van der Waals surface area contributed by atoms with Gasteiger partial charge >= 0.3 is 0 Å². The molecule has 3 nitrogen and oxygen atoms in total. The van der Waals surface area contributed by atoms with E-state index in [4.69, 9.17) is 9.84 Å². The van der Waals surface area contributed by atoms with Crippen LogP contribution in [-0.4, -0.2) is 24.9 Å². The third-order valence-corrected chi connectivity index (χ3v) is 2.71. The Hall–Kier alpha value is -1.13. The largest absolute Gasteiger partial charge is 0.490 e. The minimum absolute atomic E-state index is 0.0461. The summed E-state index contributed by atoms with van der Waals surface area (Å²) in [6.07, 6.45) is 1.53. The lowest BCUT2D eigenvalue weighted by atomic mass is 10.1.